The van der Waals surface area contributed by atoms with Crippen molar-refractivity contribution >= 4 is 44.1 Å². The van der Waals surface area contributed by atoms with Gasteiger partial charge in [0, 0.05) is 23.0 Å². The van der Waals surface area contributed by atoms with Gasteiger partial charge in [-0.05, 0) is 48.5 Å². The lowest BCUT2D eigenvalue weighted by Crippen LogP contribution is -2.11. The molecule has 27 heavy (non-hydrogen) atoms. The number of aromatic nitrogens is 4. The summed E-state index contributed by atoms with van der Waals surface area (Å²) in [5.41, 5.74) is 2.41. The van der Waals surface area contributed by atoms with E-state index >= 15 is 0 Å². The summed E-state index contributed by atoms with van der Waals surface area (Å²) in [5, 5.41) is 19.3. The fourth-order valence-corrected chi connectivity index (χ4v) is 3.02. The Morgan fingerprint density at radius 3 is 2.52 bits per heavy atom. The van der Waals surface area contributed by atoms with Crippen LogP contribution in [0.4, 0.5) is 23.1 Å². The van der Waals surface area contributed by atoms with Crippen molar-refractivity contribution in [2.75, 3.05) is 10.6 Å². The van der Waals surface area contributed by atoms with E-state index in [-0.39, 0.29) is 4.90 Å². The number of nitrogens with zero attached hydrogens (tertiary/aromatic N) is 3. The van der Waals surface area contributed by atoms with Crippen LogP contribution in [0.3, 0.4) is 0 Å². The summed E-state index contributed by atoms with van der Waals surface area (Å²) >= 11 is 0. The summed E-state index contributed by atoms with van der Waals surface area (Å²) < 4.78 is 22.6. The van der Waals surface area contributed by atoms with Gasteiger partial charge in [0.2, 0.25) is 16.0 Å². The first-order valence-corrected chi connectivity index (χ1v) is 9.45. The third-order valence-electron chi connectivity index (χ3n) is 3.81. The Morgan fingerprint density at radius 1 is 0.963 bits per heavy atom. The van der Waals surface area contributed by atoms with Crippen LogP contribution in [0.25, 0.3) is 10.9 Å². The molecule has 5 N–H and O–H groups in total. The second-order valence-electron chi connectivity index (χ2n) is 5.76. The molecule has 0 radical (unpaired) electrons. The van der Waals surface area contributed by atoms with Crippen LogP contribution < -0.4 is 15.8 Å². The van der Waals surface area contributed by atoms with E-state index in [2.05, 4.69) is 30.8 Å². The number of primary sulfonamides is 1. The summed E-state index contributed by atoms with van der Waals surface area (Å²) in [6.07, 6.45) is 3.37. The molecular weight excluding hydrogens is 366 g/mol. The molecule has 9 nitrogen and oxygen atoms in total. The smallest absolute Gasteiger partial charge is 0.238 e. The molecule has 136 valence electrons. The first kappa shape index (κ1) is 16.9. The summed E-state index contributed by atoms with van der Waals surface area (Å²) in [6.45, 7) is 0. The maximum Gasteiger partial charge on any atom is 0.238 e. The van der Waals surface area contributed by atoms with Crippen molar-refractivity contribution in [1.82, 2.24) is 20.2 Å². The quantitative estimate of drug-likeness (QED) is 0.416. The number of benzene rings is 2. The molecule has 0 bridgehead atoms. The highest BCUT2D eigenvalue weighted by atomic mass is 32.2. The Bertz CT molecular complexity index is 1200. The molecule has 0 saturated carbocycles. The summed E-state index contributed by atoms with van der Waals surface area (Å²) in [7, 11) is -3.72. The van der Waals surface area contributed by atoms with Crippen molar-refractivity contribution in [3.8, 4) is 0 Å². The third kappa shape index (κ3) is 3.86. The number of rotatable bonds is 5. The Morgan fingerprint density at radius 2 is 1.74 bits per heavy atom. The fourth-order valence-electron chi connectivity index (χ4n) is 2.51. The van der Waals surface area contributed by atoms with Gasteiger partial charge in [-0.3, -0.25) is 5.10 Å². The monoisotopic (exact) mass is 381 g/mol. The number of anilines is 4. The van der Waals surface area contributed by atoms with Gasteiger partial charge in [-0.25, -0.2) is 18.5 Å². The standard InChI is InChI=1S/C17H15N7O2S/c18-27(25,26)14-5-3-12(4-6-14)22-17-19-8-7-16(23-17)21-13-2-1-11-10-20-24-15(11)9-13/h1-10H,(H,20,24)(H2,18,25,26)(H2,19,21,22,23). The predicted molar refractivity (Wildman–Crippen MR) is 103 cm³/mol. The Kier molecular flexibility index (Phi) is 4.18. The van der Waals surface area contributed by atoms with Crippen molar-refractivity contribution in [2.45, 2.75) is 4.90 Å². The van der Waals surface area contributed by atoms with Crippen molar-refractivity contribution in [3.05, 3.63) is 60.9 Å². The molecule has 2 aromatic carbocycles. The normalized spacial score (nSPS) is 11.4. The van der Waals surface area contributed by atoms with Crippen LogP contribution in [0.2, 0.25) is 0 Å². The lowest BCUT2D eigenvalue weighted by molar-refractivity contribution is 0.598. The van der Waals surface area contributed by atoms with E-state index in [9.17, 15) is 8.42 Å². The second-order valence-corrected chi connectivity index (χ2v) is 7.32. The zero-order chi connectivity index (χ0) is 18.9. The third-order valence-corrected chi connectivity index (χ3v) is 4.74. The molecule has 0 aliphatic carbocycles. The van der Waals surface area contributed by atoms with Gasteiger partial charge in [0.1, 0.15) is 5.82 Å². The van der Waals surface area contributed by atoms with E-state index < -0.39 is 10.0 Å². The van der Waals surface area contributed by atoms with Crippen molar-refractivity contribution in [3.63, 3.8) is 0 Å². The van der Waals surface area contributed by atoms with E-state index in [0.29, 0.717) is 17.5 Å². The van der Waals surface area contributed by atoms with Gasteiger partial charge < -0.3 is 10.6 Å². The first-order chi connectivity index (χ1) is 13.0. The lowest BCUT2D eigenvalue weighted by Gasteiger charge is -2.09. The Balaban J connectivity index is 1.51. The van der Waals surface area contributed by atoms with E-state index in [1.807, 2.05) is 18.2 Å². The molecule has 0 aliphatic heterocycles. The average molecular weight is 381 g/mol. The number of nitrogens with one attached hydrogen (secondary N) is 3. The largest absolute Gasteiger partial charge is 0.340 e. The molecular formula is C17H15N7O2S. The zero-order valence-corrected chi connectivity index (χ0v) is 14.7. The molecule has 0 unspecified atom stereocenters. The molecule has 0 saturated heterocycles. The van der Waals surface area contributed by atoms with E-state index in [4.69, 9.17) is 5.14 Å². The average Bonchev–Trinajstić information content (AvgIpc) is 3.09. The fraction of sp³-hybridized carbons (Fsp3) is 0. The maximum atomic E-state index is 11.3. The van der Waals surface area contributed by atoms with Gasteiger partial charge in [0.15, 0.2) is 0 Å². The summed E-state index contributed by atoms with van der Waals surface area (Å²) in [4.78, 5) is 8.61. The second kappa shape index (κ2) is 6.67. The topological polar surface area (TPSA) is 139 Å². The van der Waals surface area contributed by atoms with E-state index in [1.54, 1.807) is 30.6 Å². The molecule has 0 aliphatic rings. The number of hydrogen-bond acceptors (Lipinski definition) is 7. The molecule has 0 spiro atoms. The molecule has 2 aromatic heterocycles. The van der Waals surface area contributed by atoms with Crippen LogP contribution in [0.15, 0.2) is 65.8 Å². The number of nitrogens with two attached hydrogens (primary N) is 1. The van der Waals surface area contributed by atoms with Crippen LogP contribution in [-0.4, -0.2) is 28.6 Å². The molecule has 4 rings (SSSR count). The first-order valence-electron chi connectivity index (χ1n) is 7.90. The molecule has 2 heterocycles. The minimum Gasteiger partial charge on any atom is -0.340 e. The Labute approximate surface area is 154 Å². The molecule has 10 heteroatoms. The SMILES string of the molecule is NS(=O)(=O)c1ccc(Nc2nccc(Nc3ccc4cn[nH]c4c3)n2)cc1. The van der Waals surface area contributed by atoms with Crippen LogP contribution in [-0.2, 0) is 10.0 Å². The maximum absolute atomic E-state index is 11.3. The summed E-state index contributed by atoms with van der Waals surface area (Å²) in [5.74, 6) is 0.971. The molecule has 0 atom stereocenters. The van der Waals surface area contributed by atoms with E-state index in [1.165, 1.54) is 12.1 Å². The van der Waals surface area contributed by atoms with Gasteiger partial charge in [0.25, 0.3) is 0 Å². The lowest BCUT2D eigenvalue weighted by atomic mass is 10.2. The molecule has 0 fully saturated rings. The minimum atomic E-state index is -3.72. The van der Waals surface area contributed by atoms with Gasteiger partial charge in [-0.1, -0.05) is 0 Å². The van der Waals surface area contributed by atoms with Crippen LogP contribution in [0.1, 0.15) is 0 Å². The highest BCUT2D eigenvalue weighted by Crippen LogP contribution is 2.21. The van der Waals surface area contributed by atoms with Crippen LogP contribution >= 0.6 is 0 Å². The number of aromatic amines is 1. The number of hydrogen-bond donors (Lipinski definition) is 4. The van der Waals surface area contributed by atoms with Gasteiger partial charge >= 0.3 is 0 Å². The van der Waals surface area contributed by atoms with Crippen molar-refractivity contribution < 1.29 is 8.42 Å². The zero-order valence-electron chi connectivity index (χ0n) is 13.9. The minimum absolute atomic E-state index is 0.0404. The molecule has 0 amide bonds. The van der Waals surface area contributed by atoms with Gasteiger partial charge in [-0.15, -0.1) is 0 Å². The van der Waals surface area contributed by atoms with Crippen molar-refractivity contribution in [1.29, 1.82) is 0 Å². The van der Waals surface area contributed by atoms with Gasteiger partial charge in [-0.2, -0.15) is 10.1 Å². The van der Waals surface area contributed by atoms with Crippen LogP contribution in [0, 0.1) is 0 Å². The van der Waals surface area contributed by atoms with Crippen molar-refractivity contribution in [2.24, 2.45) is 5.14 Å². The number of fused-ring (bicyclic) bond motifs is 1. The predicted octanol–water partition coefficient (Wildman–Crippen LogP) is 2.49. The summed E-state index contributed by atoms with van der Waals surface area (Å²) in [6, 6.07) is 13.6. The highest BCUT2D eigenvalue weighted by Gasteiger charge is 2.07. The highest BCUT2D eigenvalue weighted by molar-refractivity contribution is 7.89. The van der Waals surface area contributed by atoms with Gasteiger partial charge in [0.05, 0.1) is 16.6 Å². The number of sulfonamides is 1. The molecule has 4 aromatic rings. The number of H-pyrrole nitrogens is 1. The van der Waals surface area contributed by atoms with E-state index in [0.717, 1.165) is 16.6 Å². The van der Waals surface area contributed by atoms with Crippen LogP contribution in [0.5, 0.6) is 0 Å². The Hall–Kier alpha value is -3.50.